The number of anilines is 1. The van der Waals surface area contributed by atoms with Crippen molar-refractivity contribution in [3.8, 4) is 0 Å². The van der Waals surface area contributed by atoms with Gasteiger partial charge in [-0.25, -0.2) is 4.98 Å². The van der Waals surface area contributed by atoms with Gasteiger partial charge in [-0.2, -0.15) is 0 Å². The summed E-state index contributed by atoms with van der Waals surface area (Å²) in [4.78, 5) is 6.96. The topological polar surface area (TPSA) is 28.2 Å². The fourth-order valence-electron chi connectivity index (χ4n) is 2.13. The summed E-state index contributed by atoms with van der Waals surface area (Å²) in [7, 11) is 2.14. The molecule has 1 heterocycles. The zero-order chi connectivity index (χ0) is 12.3. The normalized spacial score (nSPS) is 22.5. The third-order valence-corrected chi connectivity index (χ3v) is 3.52. The zero-order valence-electron chi connectivity index (χ0n) is 11.1. The van der Waals surface area contributed by atoms with Gasteiger partial charge in [0.15, 0.2) is 0 Å². The second-order valence-electron chi connectivity index (χ2n) is 5.12. The van der Waals surface area contributed by atoms with Crippen LogP contribution < -0.4 is 10.2 Å². The van der Waals surface area contributed by atoms with Crippen molar-refractivity contribution < 1.29 is 0 Å². The number of hydrogen-bond donors (Lipinski definition) is 1. The van der Waals surface area contributed by atoms with Crippen molar-refractivity contribution in [2.75, 3.05) is 25.0 Å². The zero-order valence-corrected chi connectivity index (χ0v) is 11.1. The van der Waals surface area contributed by atoms with Gasteiger partial charge < -0.3 is 10.2 Å². The molecule has 0 amide bonds. The Hall–Kier alpha value is -1.09. The number of nitrogens with one attached hydrogen (secondary N) is 1. The molecule has 2 unspecified atom stereocenters. The molecule has 0 bridgehead atoms. The summed E-state index contributed by atoms with van der Waals surface area (Å²) >= 11 is 0. The Labute approximate surface area is 104 Å². The standard InChI is InChI=1S/C14H23N3/c1-4-15-9-13-6-5-7-14(16-13)17(3)10-12-8-11(12)2/h5-7,11-12,15H,4,8-10H2,1-3H3. The maximum atomic E-state index is 4.68. The van der Waals surface area contributed by atoms with E-state index in [9.17, 15) is 0 Å². The molecule has 1 N–H and O–H groups in total. The summed E-state index contributed by atoms with van der Waals surface area (Å²) in [5.74, 6) is 2.88. The number of rotatable bonds is 6. The predicted octanol–water partition coefficient (Wildman–Crippen LogP) is 2.28. The van der Waals surface area contributed by atoms with Gasteiger partial charge in [-0.05, 0) is 36.9 Å². The second kappa shape index (κ2) is 5.50. The van der Waals surface area contributed by atoms with E-state index < -0.39 is 0 Å². The molecule has 0 aromatic carbocycles. The van der Waals surface area contributed by atoms with Crippen LogP contribution in [-0.4, -0.2) is 25.1 Å². The molecule has 1 aliphatic carbocycles. The summed E-state index contributed by atoms with van der Waals surface area (Å²) in [6.07, 6.45) is 1.38. The van der Waals surface area contributed by atoms with Gasteiger partial charge in [0.1, 0.15) is 5.82 Å². The van der Waals surface area contributed by atoms with E-state index in [0.717, 1.165) is 43.0 Å². The van der Waals surface area contributed by atoms with Gasteiger partial charge in [0, 0.05) is 20.1 Å². The first-order valence-corrected chi connectivity index (χ1v) is 6.58. The van der Waals surface area contributed by atoms with E-state index in [0.29, 0.717) is 0 Å². The van der Waals surface area contributed by atoms with E-state index in [1.54, 1.807) is 0 Å². The van der Waals surface area contributed by atoms with Crippen LogP contribution in [0.25, 0.3) is 0 Å². The van der Waals surface area contributed by atoms with Crippen molar-refractivity contribution in [2.24, 2.45) is 11.8 Å². The summed E-state index contributed by atoms with van der Waals surface area (Å²) in [5, 5.41) is 3.31. The van der Waals surface area contributed by atoms with Crippen molar-refractivity contribution in [3.05, 3.63) is 23.9 Å². The minimum Gasteiger partial charge on any atom is -0.359 e. The van der Waals surface area contributed by atoms with Crippen LogP contribution in [0.2, 0.25) is 0 Å². The number of pyridine rings is 1. The highest BCUT2D eigenvalue weighted by Gasteiger charge is 2.33. The van der Waals surface area contributed by atoms with Gasteiger partial charge in [0.2, 0.25) is 0 Å². The average molecular weight is 233 g/mol. The van der Waals surface area contributed by atoms with Crippen molar-refractivity contribution >= 4 is 5.82 Å². The van der Waals surface area contributed by atoms with E-state index in [1.165, 1.54) is 6.42 Å². The summed E-state index contributed by atoms with van der Waals surface area (Å²) < 4.78 is 0. The Balaban J connectivity index is 1.94. The average Bonchev–Trinajstić information content (AvgIpc) is 3.02. The van der Waals surface area contributed by atoms with Gasteiger partial charge >= 0.3 is 0 Å². The first-order valence-electron chi connectivity index (χ1n) is 6.58. The molecule has 1 saturated carbocycles. The SMILES string of the molecule is CCNCc1cccc(N(C)CC2CC2C)n1. The molecule has 1 aliphatic rings. The Morgan fingerprint density at radius 2 is 2.24 bits per heavy atom. The van der Waals surface area contributed by atoms with Crippen molar-refractivity contribution in [3.63, 3.8) is 0 Å². The van der Waals surface area contributed by atoms with E-state index in [4.69, 9.17) is 0 Å². The minimum atomic E-state index is 0.859. The molecule has 1 aromatic heterocycles. The molecule has 94 valence electrons. The number of aromatic nitrogens is 1. The lowest BCUT2D eigenvalue weighted by atomic mass is 10.3. The lowest BCUT2D eigenvalue weighted by molar-refractivity contribution is 0.698. The highest BCUT2D eigenvalue weighted by molar-refractivity contribution is 5.38. The molecule has 3 nitrogen and oxygen atoms in total. The molecule has 0 radical (unpaired) electrons. The quantitative estimate of drug-likeness (QED) is 0.817. The first-order chi connectivity index (χ1) is 8.20. The molecule has 0 spiro atoms. The van der Waals surface area contributed by atoms with Crippen LogP contribution in [0.4, 0.5) is 5.82 Å². The molecule has 2 rings (SSSR count). The molecule has 0 saturated heterocycles. The van der Waals surface area contributed by atoms with E-state index in [2.05, 4.69) is 54.3 Å². The molecular formula is C14H23N3. The first kappa shape index (κ1) is 12.4. The Morgan fingerprint density at radius 1 is 1.47 bits per heavy atom. The smallest absolute Gasteiger partial charge is 0.128 e. The van der Waals surface area contributed by atoms with Gasteiger partial charge in [-0.3, -0.25) is 0 Å². The molecule has 0 aliphatic heterocycles. The Kier molecular flexibility index (Phi) is 4.00. The van der Waals surface area contributed by atoms with Crippen LogP contribution in [0.15, 0.2) is 18.2 Å². The van der Waals surface area contributed by atoms with Gasteiger partial charge in [0.05, 0.1) is 5.69 Å². The monoisotopic (exact) mass is 233 g/mol. The molecule has 2 atom stereocenters. The number of hydrogen-bond acceptors (Lipinski definition) is 3. The number of nitrogens with zero attached hydrogens (tertiary/aromatic N) is 2. The van der Waals surface area contributed by atoms with E-state index in [1.807, 2.05) is 0 Å². The third-order valence-electron chi connectivity index (χ3n) is 3.52. The Bertz CT molecular complexity index is 364. The van der Waals surface area contributed by atoms with Crippen molar-refractivity contribution in [1.29, 1.82) is 0 Å². The fraction of sp³-hybridized carbons (Fsp3) is 0.643. The Morgan fingerprint density at radius 3 is 2.88 bits per heavy atom. The van der Waals surface area contributed by atoms with Gasteiger partial charge in [-0.15, -0.1) is 0 Å². The van der Waals surface area contributed by atoms with E-state index >= 15 is 0 Å². The minimum absolute atomic E-state index is 0.859. The van der Waals surface area contributed by atoms with E-state index in [-0.39, 0.29) is 0 Å². The predicted molar refractivity (Wildman–Crippen MR) is 72.2 cm³/mol. The second-order valence-corrected chi connectivity index (χ2v) is 5.12. The molecule has 1 aromatic rings. The van der Waals surface area contributed by atoms with Crippen LogP contribution >= 0.6 is 0 Å². The van der Waals surface area contributed by atoms with Crippen molar-refractivity contribution in [1.82, 2.24) is 10.3 Å². The van der Waals surface area contributed by atoms with Crippen LogP contribution in [0.5, 0.6) is 0 Å². The molecule has 3 heteroatoms. The van der Waals surface area contributed by atoms with Crippen LogP contribution in [0.3, 0.4) is 0 Å². The molecule has 17 heavy (non-hydrogen) atoms. The highest BCUT2D eigenvalue weighted by Crippen LogP contribution is 2.38. The van der Waals surface area contributed by atoms with Crippen molar-refractivity contribution in [2.45, 2.75) is 26.8 Å². The molecular weight excluding hydrogens is 210 g/mol. The molecule has 1 fully saturated rings. The van der Waals surface area contributed by atoms with Gasteiger partial charge in [-0.1, -0.05) is 19.9 Å². The summed E-state index contributed by atoms with van der Waals surface area (Å²) in [5.41, 5.74) is 1.13. The fourth-order valence-corrected chi connectivity index (χ4v) is 2.13. The van der Waals surface area contributed by atoms with Crippen LogP contribution in [0, 0.1) is 11.8 Å². The maximum absolute atomic E-state index is 4.68. The van der Waals surface area contributed by atoms with Crippen LogP contribution in [-0.2, 0) is 6.54 Å². The van der Waals surface area contributed by atoms with Gasteiger partial charge in [0.25, 0.3) is 0 Å². The van der Waals surface area contributed by atoms with Crippen LogP contribution in [0.1, 0.15) is 26.0 Å². The lowest BCUT2D eigenvalue weighted by Gasteiger charge is -2.18. The highest BCUT2D eigenvalue weighted by atomic mass is 15.2. The maximum Gasteiger partial charge on any atom is 0.128 e. The largest absolute Gasteiger partial charge is 0.359 e. The summed E-state index contributed by atoms with van der Waals surface area (Å²) in [6.45, 7) is 7.43. The lowest BCUT2D eigenvalue weighted by Crippen LogP contribution is -2.22. The summed E-state index contributed by atoms with van der Waals surface area (Å²) in [6, 6.07) is 6.28. The third kappa shape index (κ3) is 3.43.